The molecule has 0 spiro atoms. The maximum Gasteiger partial charge on any atom is 0.335 e. The third-order valence-corrected chi connectivity index (χ3v) is 4.02. The number of ether oxygens (including phenoxy) is 2. The Hall–Kier alpha value is -1.87. The lowest BCUT2D eigenvalue weighted by Gasteiger charge is -2.40. The lowest BCUT2D eigenvalue weighted by Crippen LogP contribution is -2.60. The summed E-state index contributed by atoms with van der Waals surface area (Å²) >= 11 is 0. The molecular formula is C14H24O13. The molecule has 13 nitrogen and oxygen atoms in total. The van der Waals surface area contributed by atoms with E-state index < -0.39 is 66.2 Å². The second kappa shape index (κ2) is 9.89. The summed E-state index contributed by atoms with van der Waals surface area (Å²) in [7, 11) is 0.889. The third kappa shape index (κ3) is 6.07. The van der Waals surface area contributed by atoms with Gasteiger partial charge in [-0.15, -0.1) is 0 Å². The zero-order valence-electron chi connectivity index (χ0n) is 14.7. The van der Waals surface area contributed by atoms with E-state index in [0.29, 0.717) is 0 Å². The number of carboxylic acids is 3. The fourth-order valence-electron chi connectivity index (χ4n) is 2.03. The molecule has 13 heteroatoms. The average Bonchev–Trinajstić information content (AvgIpc) is 2.61. The van der Waals surface area contributed by atoms with Crippen LogP contribution in [0.15, 0.2) is 0 Å². The number of carbonyl (C=O) groups is 3. The number of aliphatic hydroxyl groups excluding tert-OH is 5. The number of methoxy groups -OCH3 is 1. The SMILES string of the molecule is COC(C)(OC(C(O)C(=O)O)C(O)C(=O)O)C(O)C(O)C(O)C(C)C(=O)O. The first kappa shape index (κ1) is 25.1. The van der Waals surface area contributed by atoms with Gasteiger partial charge >= 0.3 is 17.9 Å². The second-order valence-corrected chi connectivity index (χ2v) is 5.92. The Balaban J connectivity index is 5.72. The minimum Gasteiger partial charge on any atom is -0.481 e. The Bertz CT molecular complexity index is 517. The molecule has 0 aromatic heterocycles. The van der Waals surface area contributed by atoms with Gasteiger partial charge in [-0.05, 0) is 13.8 Å². The number of carboxylic acid groups (broad SMARTS) is 3. The van der Waals surface area contributed by atoms with E-state index in [9.17, 15) is 39.9 Å². The van der Waals surface area contributed by atoms with Crippen LogP contribution in [0.1, 0.15) is 13.8 Å². The van der Waals surface area contributed by atoms with E-state index in [1.54, 1.807) is 0 Å². The maximum absolute atomic E-state index is 10.9. The van der Waals surface area contributed by atoms with E-state index >= 15 is 0 Å². The van der Waals surface area contributed by atoms with Gasteiger partial charge in [0.15, 0.2) is 18.0 Å². The zero-order valence-corrected chi connectivity index (χ0v) is 14.7. The van der Waals surface area contributed by atoms with Crippen LogP contribution in [0, 0.1) is 5.92 Å². The van der Waals surface area contributed by atoms with Crippen molar-refractivity contribution in [3.63, 3.8) is 0 Å². The highest BCUT2D eigenvalue weighted by Gasteiger charge is 2.49. The van der Waals surface area contributed by atoms with Crippen LogP contribution in [0.4, 0.5) is 0 Å². The molecule has 8 N–H and O–H groups in total. The minimum absolute atomic E-state index is 0.884. The molecule has 0 aliphatic rings. The standard InChI is InChI=1S/C14H24O13/c1-4(11(20)21)5(15)6(16)10(19)14(2,26-3)27-9(7(17)12(22)23)8(18)13(24)25/h4-10,15-19H,1-3H3,(H,20,21)(H,22,23)(H,24,25). The molecule has 0 saturated heterocycles. The van der Waals surface area contributed by atoms with Crippen molar-refractivity contribution in [3.8, 4) is 0 Å². The largest absolute Gasteiger partial charge is 0.481 e. The first-order valence-electron chi connectivity index (χ1n) is 7.53. The van der Waals surface area contributed by atoms with Gasteiger partial charge in [0, 0.05) is 7.11 Å². The van der Waals surface area contributed by atoms with Crippen LogP contribution in [0.3, 0.4) is 0 Å². The first-order chi connectivity index (χ1) is 12.2. The second-order valence-electron chi connectivity index (χ2n) is 5.92. The van der Waals surface area contributed by atoms with Crippen molar-refractivity contribution in [2.45, 2.75) is 56.3 Å². The molecule has 0 aliphatic carbocycles. The van der Waals surface area contributed by atoms with Crippen LogP contribution in [-0.4, -0.2) is 108 Å². The van der Waals surface area contributed by atoms with Crippen LogP contribution in [0.2, 0.25) is 0 Å². The summed E-state index contributed by atoms with van der Waals surface area (Å²) in [5.74, 6) is -9.44. The van der Waals surface area contributed by atoms with E-state index in [0.717, 1.165) is 21.0 Å². The van der Waals surface area contributed by atoms with Gasteiger partial charge < -0.3 is 50.3 Å². The van der Waals surface area contributed by atoms with Crippen LogP contribution in [0.25, 0.3) is 0 Å². The molecule has 158 valence electrons. The topological polar surface area (TPSA) is 232 Å². The summed E-state index contributed by atoms with van der Waals surface area (Å²) in [5.41, 5.74) is 0. The summed E-state index contributed by atoms with van der Waals surface area (Å²) in [4.78, 5) is 32.7. The lowest BCUT2D eigenvalue weighted by atomic mass is 9.92. The molecule has 7 unspecified atom stereocenters. The zero-order chi connectivity index (χ0) is 21.7. The Labute approximate surface area is 153 Å². The van der Waals surface area contributed by atoms with Gasteiger partial charge in [0.25, 0.3) is 0 Å². The summed E-state index contributed by atoms with van der Waals surface area (Å²) in [6, 6.07) is 0. The molecule has 0 radical (unpaired) electrons. The van der Waals surface area contributed by atoms with Gasteiger partial charge in [-0.1, -0.05) is 0 Å². The number of rotatable bonds is 12. The van der Waals surface area contributed by atoms with Crippen LogP contribution in [-0.2, 0) is 23.9 Å². The van der Waals surface area contributed by atoms with Crippen LogP contribution in [0.5, 0.6) is 0 Å². The van der Waals surface area contributed by atoms with Crippen molar-refractivity contribution in [2.24, 2.45) is 5.92 Å². The van der Waals surface area contributed by atoms with Gasteiger partial charge in [-0.25, -0.2) is 9.59 Å². The van der Waals surface area contributed by atoms with Crippen LogP contribution >= 0.6 is 0 Å². The van der Waals surface area contributed by atoms with Crippen molar-refractivity contribution in [1.29, 1.82) is 0 Å². The number of aliphatic hydroxyl groups is 5. The number of hydrogen-bond donors (Lipinski definition) is 8. The number of aliphatic carboxylic acids is 3. The smallest absolute Gasteiger partial charge is 0.335 e. The summed E-state index contributed by atoms with van der Waals surface area (Å²) in [6.45, 7) is 1.91. The highest BCUT2D eigenvalue weighted by Crippen LogP contribution is 2.27. The van der Waals surface area contributed by atoms with E-state index in [2.05, 4.69) is 0 Å². The van der Waals surface area contributed by atoms with E-state index in [-0.39, 0.29) is 0 Å². The van der Waals surface area contributed by atoms with Gasteiger partial charge in [-0.3, -0.25) is 4.79 Å². The normalized spacial score (nSPS) is 21.8. The third-order valence-electron chi connectivity index (χ3n) is 4.02. The van der Waals surface area contributed by atoms with Crippen molar-refractivity contribution in [2.75, 3.05) is 7.11 Å². The molecule has 0 aromatic rings. The average molecular weight is 400 g/mol. The van der Waals surface area contributed by atoms with Gasteiger partial charge in [0.2, 0.25) is 0 Å². The molecular weight excluding hydrogens is 376 g/mol. The molecule has 7 atom stereocenters. The van der Waals surface area contributed by atoms with E-state index in [1.807, 2.05) is 0 Å². The lowest BCUT2D eigenvalue weighted by molar-refractivity contribution is -0.318. The Kier molecular flexibility index (Phi) is 9.20. The number of hydrogen-bond acceptors (Lipinski definition) is 10. The maximum atomic E-state index is 10.9. The molecule has 0 rings (SSSR count). The minimum atomic E-state index is -2.57. The van der Waals surface area contributed by atoms with Gasteiger partial charge in [0.05, 0.1) is 12.0 Å². The molecule has 0 fully saturated rings. The molecule has 0 aliphatic heterocycles. The van der Waals surface area contributed by atoms with Crippen molar-refractivity contribution < 1.29 is 64.7 Å². The predicted octanol–water partition coefficient (Wildman–Crippen LogP) is -3.57. The van der Waals surface area contributed by atoms with Gasteiger partial charge in [0.1, 0.15) is 18.3 Å². The molecule has 0 amide bonds. The van der Waals surface area contributed by atoms with E-state index in [4.69, 9.17) is 24.8 Å². The Morgan fingerprint density at radius 1 is 0.815 bits per heavy atom. The molecule has 0 heterocycles. The van der Waals surface area contributed by atoms with Crippen LogP contribution < -0.4 is 0 Å². The summed E-state index contributed by atoms with van der Waals surface area (Å²) in [5, 5.41) is 75.7. The van der Waals surface area contributed by atoms with Crippen molar-refractivity contribution in [1.82, 2.24) is 0 Å². The summed E-state index contributed by atoms with van der Waals surface area (Å²) < 4.78 is 9.76. The first-order valence-corrected chi connectivity index (χ1v) is 7.53. The van der Waals surface area contributed by atoms with Crippen molar-refractivity contribution in [3.05, 3.63) is 0 Å². The fourth-order valence-corrected chi connectivity index (χ4v) is 2.03. The molecule has 0 aromatic carbocycles. The van der Waals surface area contributed by atoms with Gasteiger partial charge in [-0.2, -0.15) is 0 Å². The predicted molar refractivity (Wildman–Crippen MR) is 82.4 cm³/mol. The highest BCUT2D eigenvalue weighted by atomic mass is 16.7. The Morgan fingerprint density at radius 2 is 1.22 bits per heavy atom. The highest BCUT2D eigenvalue weighted by molar-refractivity contribution is 5.77. The van der Waals surface area contributed by atoms with E-state index in [1.165, 1.54) is 0 Å². The molecule has 0 bridgehead atoms. The monoisotopic (exact) mass is 400 g/mol. The van der Waals surface area contributed by atoms with Crippen molar-refractivity contribution >= 4 is 17.9 Å². The fraction of sp³-hybridized carbons (Fsp3) is 0.786. The summed E-state index contributed by atoms with van der Waals surface area (Å²) in [6.07, 6.45) is -14.0. The quantitative estimate of drug-likeness (QED) is 0.148. The molecule has 27 heavy (non-hydrogen) atoms. The Morgan fingerprint density at radius 3 is 1.52 bits per heavy atom. The molecule has 0 saturated carbocycles.